The van der Waals surface area contributed by atoms with Crippen molar-refractivity contribution in [3.05, 3.63) is 34.9 Å². The Balaban J connectivity index is 2.50. The number of carbonyl (C=O) groups is 1. The van der Waals surface area contributed by atoms with Crippen molar-refractivity contribution in [1.82, 2.24) is 0 Å². The van der Waals surface area contributed by atoms with Crippen LogP contribution in [-0.4, -0.2) is 26.3 Å². The molecule has 0 bridgehead atoms. The Bertz CT molecular complexity index is 358. The first-order chi connectivity index (χ1) is 7.65. The molecule has 0 heterocycles. The highest BCUT2D eigenvalue weighted by molar-refractivity contribution is 5.89. The van der Waals surface area contributed by atoms with Crippen LogP contribution in [0.5, 0.6) is 0 Å². The van der Waals surface area contributed by atoms with E-state index in [0.29, 0.717) is 18.8 Å². The monoisotopic (exact) mass is 222 g/mol. The van der Waals surface area contributed by atoms with Crippen molar-refractivity contribution in [3.63, 3.8) is 0 Å². The van der Waals surface area contributed by atoms with E-state index < -0.39 is 0 Å². The molecule has 1 aromatic rings. The minimum atomic E-state index is -0.265. The average molecular weight is 222 g/mol. The summed E-state index contributed by atoms with van der Waals surface area (Å²) in [5.41, 5.74) is 2.89. The number of rotatable bonds is 5. The van der Waals surface area contributed by atoms with Crippen LogP contribution in [0, 0.1) is 13.8 Å². The minimum absolute atomic E-state index is 0.265. The number of methoxy groups -OCH3 is 1. The second-order valence-corrected chi connectivity index (χ2v) is 3.78. The molecule has 0 spiro atoms. The molecule has 0 unspecified atom stereocenters. The van der Waals surface area contributed by atoms with Crippen LogP contribution in [0.3, 0.4) is 0 Å². The molecule has 1 aromatic carbocycles. The van der Waals surface area contributed by atoms with Crippen molar-refractivity contribution in [3.8, 4) is 0 Å². The molecule has 0 saturated heterocycles. The number of hydrogen-bond acceptors (Lipinski definition) is 3. The van der Waals surface area contributed by atoms with Crippen LogP contribution in [0.1, 0.15) is 27.9 Å². The Morgan fingerprint density at radius 1 is 1.19 bits per heavy atom. The third-order valence-corrected chi connectivity index (χ3v) is 2.47. The SMILES string of the molecule is COCCCOC(=O)c1ccc(C)c(C)c1. The fraction of sp³-hybridized carbons (Fsp3) is 0.462. The maximum absolute atomic E-state index is 11.6. The van der Waals surface area contributed by atoms with E-state index in [-0.39, 0.29) is 5.97 Å². The first kappa shape index (κ1) is 12.7. The van der Waals surface area contributed by atoms with Gasteiger partial charge in [-0.25, -0.2) is 4.79 Å². The number of aryl methyl sites for hydroxylation is 2. The first-order valence-electron chi connectivity index (χ1n) is 5.38. The minimum Gasteiger partial charge on any atom is -0.462 e. The highest BCUT2D eigenvalue weighted by atomic mass is 16.5. The third kappa shape index (κ3) is 3.66. The van der Waals surface area contributed by atoms with E-state index in [1.54, 1.807) is 13.2 Å². The third-order valence-electron chi connectivity index (χ3n) is 2.47. The van der Waals surface area contributed by atoms with Gasteiger partial charge in [0.2, 0.25) is 0 Å². The zero-order chi connectivity index (χ0) is 12.0. The molecule has 0 aliphatic heterocycles. The number of benzene rings is 1. The summed E-state index contributed by atoms with van der Waals surface area (Å²) in [4.78, 5) is 11.6. The zero-order valence-corrected chi connectivity index (χ0v) is 10.1. The largest absolute Gasteiger partial charge is 0.462 e. The molecule has 0 saturated carbocycles. The summed E-state index contributed by atoms with van der Waals surface area (Å²) in [6.07, 6.45) is 0.729. The number of carbonyl (C=O) groups excluding carboxylic acids is 1. The molecule has 0 amide bonds. The van der Waals surface area contributed by atoms with Crippen molar-refractivity contribution >= 4 is 5.97 Å². The van der Waals surface area contributed by atoms with Crippen molar-refractivity contribution in [2.24, 2.45) is 0 Å². The van der Waals surface area contributed by atoms with Crippen molar-refractivity contribution < 1.29 is 14.3 Å². The molecule has 3 nitrogen and oxygen atoms in total. The van der Waals surface area contributed by atoms with Crippen LogP contribution < -0.4 is 0 Å². The predicted molar refractivity (Wildman–Crippen MR) is 62.7 cm³/mol. The number of ether oxygens (including phenoxy) is 2. The Morgan fingerprint density at radius 3 is 2.56 bits per heavy atom. The van der Waals surface area contributed by atoms with Gasteiger partial charge in [-0.3, -0.25) is 0 Å². The standard InChI is InChI=1S/C13H18O3/c1-10-5-6-12(9-11(10)2)13(14)16-8-4-7-15-3/h5-6,9H,4,7-8H2,1-3H3. The summed E-state index contributed by atoms with van der Waals surface area (Å²) in [6.45, 7) is 5.01. The van der Waals surface area contributed by atoms with Crippen molar-refractivity contribution in [2.45, 2.75) is 20.3 Å². The normalized spacial score (nSPS) is 10.2. The zero-order valence-electron chi connectivity index (χ0n) is 10.1. The van der Waals surface area contributed by atoms with Gasteiger partial charge in [0, 0.05) is 20.1 Å². The summed E-state index contributed by atoms with van der Waals surface area (Å²) in [5, 5.41) is 0. The van der Waals surface area contributed by atoms with E-state index in [1.807, 2.05) is 26.0 Å². The van der Waals surface area contributed by atoms with Gasteiger partial charge in [0.05, 0.1) is 12.2 Å². The number of hydrogen-bond donors (Lipinski definition) is 0. The molecule has 3 heteroatoms. The van der Waals surface area contributed by atoms with E-state index in [4.69, 9.17) is 9.47 Å². The highest BCUT2D eigenvalue weighted by Crippen LogP contribution is 2.10. The first-order valence-corrected chi connectivity index (χ1v) is 5.38. The Kier molecular flexibility index (Phi) is 4.99. The van der Waals surface area contributed by atoms with Crippen LogP contribution >= 0.6 is 0 Å². The van der Waals surface area contributed by atoms with Crippen LogP contribution in [0.25, 0.3) is 0 Å². The van der Waals surface area contributed by atoms with Crippen LogP contribution in [-0.2, 0) is 9.47 Å². The van der Waals surface area contributed by atoms with Gasteiger partial charge in [0.15, 0.2) is 0 Å². The summed E-state index contributed by atoms with van der Waals surface area (Å²) in [7, 11) is 1.63. The molecule has 0 N–H and O–H groups in total. The van der Waals surface area contributed by atoms with Crippen molar-refractivity contribution in [1.29, 1.82) is 0 Å². The molecule has 1 rings (SSSR count). The Morgan fingerprint density at radius 2 is 1.94 bits per heavy atom. The molecular weight excluding hydrogens is 204 g/mol. The van der Waals surface area contributed by atoms with Gasteiger partial charge in [-0.2, -0.15) is 0 Å². The summed E-state index contributed by atoms with van der Waals surface area (Å²) < 4.78 is 9.98. The molecular formula is C13H18O3. The highest BCUT2D eigenvalue weighted by Gasteiger charge is 2.07. The van der Waals surface area contributed by atoms with Gasteiger partial charge in [-0.05, 0) is 37.1 Å². The summed E-state index contributed by atoms with van der Waals surface area (Å²) >= 11 is 0. The number of esters is 1. The topological polar surface area (TPSA) is 35.5 Å². The van der Waals surface area contributed by atoms with Gasteiger partial charge in [0.1, 0.15) is 0 Å². The fourth-order valence-electron chi connectivity index (χ4n) is 1.32. The fourth-order valence-corrected chi connectivity index (χ4v) is 1.32. The molecule has 0 radical (unpaired) electrons. The Hall–Kier alpha value is -1.35. The molecule has 88 valence electrons. The van der Waals surface area contributed by atoms with Gasteiger partial charge in [-0.15, -0.1) is 0 Å². The van der Waals surface area contributed by atoms with Crippen molar-refractivity contribution in [2.75, 3.05) is 20.3 Å². The molecule has 0 aromatic heterocycles. The Labute approximate surface area is 96.4 Å². The van der Waals surface area contributed by atoms with Crippen LogP contribution in [0.2, 0.25) is 0 Å². The average Bonchev–Trinajstić information content (AvgIpc) is 2.28. The lowest BCUT2D eigenvalue weighted by Crippen LogP contribution is -2.08. The van der Waals surface area contributed by atoms with E-state index in [1.165, 1.54) is 5.56 Å². The van der Waals surface area contributed by atoms with Crippen LogP contribution in [0.15, 0.2) is 18.2 Å². The molecule has 0 atom stereocenters. The maximum Gasteiger partial charge on any atom is 0.338 e. The molecule has 16 heavy (non-hydrogen) atoms. The molecule has 0 aliphatic carbocycles. The summed E-state index contributed by atoms with van der Waals surface area (Å²) in [5.74, 6) is -0.265. The second kappa shape index (κ2) is 6.28. The van der Waals surface area contributed by atoms with Gasteiger partial charge in [-0.1, -0.05) is 6.07 Å². The quantitative estimate of drug-likeness (QED) is 0.567. The summed E-state index contributed by atoms with van der Waals surface area (Å²) in [6, 6.07) is 5.58. The lowest BCUT2D eigenvalue weighted by molar-refractivity contribution is 0.0468. The van der Waals surface area contributed by atoms with Crippen LogP contribution in [0.4, 0.5) is 0 Å². The molecule has 0 aliphatic rings. The second-order valence-electron chi connectivity index (χ2n) is 3.78. The molecule has 0 fully saturated rings. The van der Waals surface area contributed by atoms with Gasteiger partial charge < -0.3 is 9.47 Å². The van der Waals surface area contributed by atoms with Gasteiger partial charge in [0.25, 0.3) is 0 Å². The van der Waals surface area contributed by atoms with E-state index in [2.05, 4.69) is 0 Å². The van der Waals surface area contributed by atoms with Gasteiger partial charge >= 0.3 is 5.97 Å². The lowest BCUT2D eigenvalue weighted by Gasteiger charge is -2.06. The van der Waals surface area contributed by atoms with E-state index >= 15 is 0 Å². The maximum atomic E-state index is 11.6. The predicted octanol–water partition coefficient (Wildman–Crippen LogP) is 2.50. The van der Waals surface area contributed by atoms with E-state index in [9.17, 15) is 4.79 Å². The lowest BCUT2D eigenvalue weighted by atomic mass is 10.1. The van der Waals surface area contributed by atoms with E-state index in [0.717, 1.165) is 12.0 Å². The smallest absolute Gasteiger partial charge is 0.338 e.